The molecule has 0 radical (unpaired) electrons. The van der Waals surface area contributed by atoms with E-state index < -0.39 is 6.61 Å². The molecule has 27 heavy (non-hydrogen) atoms. The van der Waals surface area contributed by atoms with Crippen LogP contribution >= 0.6 is 0 Å². The maximum absolute atomic E-state index is 12.2. The number of dihydropyridines is 1. The fourth-order valence-corrected chi connectivity index (χ4v) is 2.36. The van der Waals surface area contributed by atoms with Crippen LogP contribution in [0.15, 0.2) is 66.7 Å². The van der Waals surface area contributed by atoms with E-state index in [9.17, 15) is 14.0 Å². The van der Waals surface area contributed by atoms with Crippen LogP contribution < -0.4 is 15.4 Å². The molecule has 1 aliphatic rings. The smallest absolute Gasteiger partial charge is 0.387 e. The van der Waals surface area contributed by atoms with Gasteiger partial charge in [0, 0.05) is 18.9 Å². The summed E-state index contributed by atoms with van der Waals surface area (Å²) in [6.45, 7) is -2.46. The highest BCUT2D eigenvalue weighted by molar-refractivity contribution is 5.79. The zero-order valence-corrected chi connectivity index (χ0v) is 14.1. The van der Waals surface area contributed by atoms with E-state index in [4.69, 9.17) is 0 Å². The van der Waals surface area contributed by atoms with Crippen molar-refractivity contribution in [2.24, 2.45) is 0 Å². The van der Waals surface area contributed by atoms with Crippen molar-refractivity contribution >= 4 is 11.5 Å². The third-order valence-electron chi connectivity index (χ3n) is 3.60. The van der Waals surface area contributed by atoms with E-state index in [1.54, 1.807) is 36.7 Å². The lowest BCUT2D eigenvalue weighted by Crippen LogP contribution is -2.09. The summed E-state index contributed by atoms with van der Waals surface area (Å²) in [6, 6.07) is 10.1. The van der Waals surface area contributed by atoms with Gasteiger partial charge in [0.2, 0.25) is 5.95 Å². The number of benzene rings is 1. The maximum atomic E-state index is 12.2. The molecule has 0 spiro atoms. The molecule has 2 N–H and O–H groups in total. The standard InChI is InChI=1S/C19H15F2N5O/c20-18(21)27-14-6-4-13(5-7-14)12-25-19-24-10-8-17(26-19)15(11-22)16-3-1-2-9-23-16/h1-10,18,23H,12H2,(H,24,25,26)/b16-15-. The quantitative estimate of drug-likeness (QED) is 0.759. The lowest BCUT2D eigenvalue weighted by atomic mass is 10.1. The molecular weight excluding hydrogens is 352 g/mol. The fraction of sp³-hybridized carbons (Fsp3) is 0.105. The zero-order valence-electron chi connectivity index (χ0n) is 14.1. The molecule has 1 aliphatic heterocycles. The molecule has 2 aromatic rings. The zero-order chi connectivity index (χ0) is 19.1. The number of alkyl halides is 2. The Morgan fingerprint density at radius 2 is 2.04 bits per heavy atom. The summed E-state index contributed by atoms with van der Waals surface area (Å²) in [5.41, 5.74) is 2.37. The Morgan fingerprint density at radius 1 is 1.22 bits per heavy atom. The van der Waals surface area contributed by atoms with Gasteiger partial charge in [0.1, 0.15) is 17.4 Å². The number of aromatic nitrogens is 2. The van der Waals surface area contributed by atoms with Crippen LogP contribution in [0.4, 0.5) is 14.7 Å². The van der Waals surface area contributed by atoms with E-state index >= 15 is 0 Å². The summed E-state index contributed by atoms with van der Waals surface area (Å²) >= 11 is 0. The molecule has 0 saturated heterocycles. The van der Waals surface area contributed by atoms with Crippen LogP contribution in [0.5, 0.6) is 5.75 Å². The Morgan fingerprint density at radius 3 is 2.70 bits per heavy atom. The number of ether oxygens (including phenoxy) is 1. The van der Waals surface area contributed by atoms with Crippen molar-refractivity contribution in [1.29, 1.82) is 5.26 Å². The second kappa shape index (κ2) is 8.58. The van der Waals surface area contributed by atoms with Crippen LogP contribution in [0.1, 0.15) is 11.3 Å². The van der Waals surface area contributed by atoms with Crippen molar-refractivity contribution in [2.75, 3.05) is 5.32 Å². The number of nitrogens with zero attached hydrogens (tertiary/aromatic N) is 3. The van der Waals surface area contributed by atoms with E-state index in [-0.39, 0.29) is 5.75 Å². The highest BCUT2D eigenvalue weighted by Crippen LogP contribution is 2.19. The first-order valence-electron chi connectivity index (χ1n) is 8.01. The summed E-state index contributed by atoms with van der Waals surface area (Å²) in [5, 5.41) is 15.5. The predicted octanol–water partition coefficient (Wildman–Crippen LogP) is 3.60. The normalized spacial score (nSPS) is 14.4. The predicted molar refractivity (Wildman–Crippen MR) is 96.4 cm³/mol. The average molecular weight is 367 g/mol. The van der Waals surface area contributed by atoms with Crippen LogP contribution in [0.2, 0.25) is 0 Å². The van der Waals surface area contributed by atoms with Gasteiger partial charge < -0.3 is 15.4 Å². The Balaban J connectivity index is 1.70. The fourth-order valence-electron chi connectivity index (χ4n) is 2.36. The third kappa shape index (κ3) is 4.89. The summed E-state index contributed by atoms with van der Waals surface area (Å²) in [6.07, 6.45) is 8.73. The third-order valence-corrected chi connectivity index (χ3v) is 3.60. The van der Waals surface area contributed by atoms with Crippen molar-refractivity contribution in [2.45, 2.75) is 13.2 Å². The van der Waals surface area contributed by atoms with E-state index in [0.717, 1.165) is 5.56 Å². The van der Waals surface area contributed by atoms with E-state index in [1.807, 2.05) is 12.2 Å². The number of hydrogen-bond acceptors (Lipinski definition) is 6. The molecule has 0 aliphatic carbocycles. The minimum Gasteiger partial charge on any atom is -0.435 e. The van der Waals surface area contributed by atoms with Gasteiger partial charge in [0.25, 0.3) is 0 Å². The van der Waals surface area contributed by atoms with E-state index in [0.29, 0.717) is 29.5 Å². The average Bonchev–Trinajstić information content (AvgIpc) is 2.69. The number of halogens is 2. The van der Waals surface area contributed by atoms with Gasteiger partial charge >= 0.3 is 6.61 Å². The van der Waals surface area contributed by atoms with Crippen LogP contribution in [0.25, 0.3) is 5.57 Å². The highest BCUT2D eigenvalue weighted by atomic mass is 19.3. The molecule has 3 rings (SSSR count). The van der Waals surface area contributed by atoms with Gasteiger partial charge in [-0.2, -0.15) is 14.0 Å². The Kier molecular flexibility index (Phi) is 5.74. The number of allylic oxidation sites excluding steroid dienone is 4. The van der Waals surface area contributed by atoms with Crippen LogP contribution in [0, 0.1) is 11.3 Å². The largest absolute Gasteiger partial charge is 0.435 e. The number of anilines is 1. The van der Waals surface area contributed by atoms with Crippen LogP contribution in [-0.2, 0) is 6.54 Å². The molecule has 8 heteroatoms. The van der Waals surface area contributed by atoms with Crippen LogP contribution in [0.3, 0.4) is 0 Å². The molecule has 1 aromatic heterocycles. The molecular formula is C19H15F2N5O. The molecule has 0 bridgehead atoms. The summed E-state index contributed by atoms with van der Waals surface area (Å²) in [5.74, 6) is 0.448. The SMILES string of the molecule is N#C/C(=C1\C=CC=CN1)c1ccnc(NCc2ccc(OC(F)F)cc2)n1. The van der Waals surface area contributed by atoms with Gasteiger partial charge in [0.15, 0.2) is 0 Å². The molecule has 0 amide bonds. The van der Waals surface area contributed by atoms with Gasteiger partial charge in [-0.25, -0.2) is 9.97 Å². The molecule has 136 valence electrons. The Bertz CT molecular complexity index is 930. The van der Waals surface area contributed by atoms with Crippen molar-refractivity contribution in [3.8, 4) is 11.8 Å². The summed E-state index contributed by atoms with van der Waals surface area (Å²) in [4.78, 5) is 8.51. The Labute approximate surface area is 154 Å². The minimum atomic E-state index is -2.85. The van der Waals surface area contributed by atoms with Gasteiger partial charge in [-0.15, -0.1) is 0 Å². The molecule has 0 saturated carbocycles. The highest BCUT2D eigenvalue weighted by Gasteiger charge is 2.10. The van der Waals surface area contributed by atoms with E-state index in [1.165, 1.54) is 12.1 Å². The van der Waals surface area contributed by atoms with Gasteiger partial charge in [-0.3, -0.25) is 0 Å². The number of nitriles is 1. The van der Waals surface area contributed by atoms with Crippen LogP contribution in [-0.4, -0.2) is 16.6 Å². The summed E-state index contributed by atoms with van der Waals surface area (Å²) in [7, 11) is 0. The van der Waals surface area contributed by atoms with Gasteiger partial charge in [-0.1, -0.05) is 18.2 Å². The summed E-state index contributed by atoms with van der Waals surface area (Å²) < 4.78 is 28.6. The maximum Gasteiger partial charge on any atom is 0.387 e. The molecule has 0 unspecified atom stereocenters. The molecule has 0 atom stereocenters. The topological polar surface area (TPSA) is 82.9 Å². The Hall–Kier alpha value is -3.73. The first kappa shape index (κ1) is 18.1. The minimum absolute atomic E-state index is 0.0966. The lowest BCUT2D eigenvalue weighted by molar-refractivity contribution is -0.0498. The molecule has 6 nitrogen and oxygen atoms in total. The lowest BCUT2D eigenvalue weighted by Gasteiger charge is -2.10. The first-order valence-corrected chi connectivity index (χ1v) is 8.01. The van der Waals surface area contributed by atoms with Crippen molar-refractivity contribution in [1.82, 2.24) is 15.3 Å². The van der Waals surface area contributed by atoms with Crippen molar-refractivity contribution in [3.63, 3.8) is 0 Å². The second-order valence-electron chi connectivity index (χ2n) is 5.40. The molecule has 2 heterocycles. The number of nitrogens with one attached hydrogen (secondary N) is 2. The first-order chi connectivity index (χ1) is 13.2. The van der Waals surface area contributed by atoms with E-state index in [2.05, 4.69) is 31.4 Å². The number of hydrogen-bond donors (Lipinski definition) is 2. The van der Waals surface area contributed by atoms with Crippen molar-refractivity contribution < 1.29 is 13.5 Å². The van der Waals surface area contributed by atoms with Gasteiger partial charge in [0.05, 0.1) is 11.4 Å². The van der Waals surface area contributed by atoms with Gasteiger partial charge in [-0.05, 0) is 35.9 Å². The monoisotopic (exact) mass is 367 g/mol. The number of rotatable bonds is 6. The molecule has 0 fully saturated rings. The molecule has 1 aromatic carbocycles. The second-order valence-corrected chi connectivity index (χ2v) is 5.40. The van der Waals surface area contributed by atoms with Crippen molar-refractivity contribution in [3.05, 3.63) is 77.9 Å².